The highest BCUT2D eigenvalue weighted by Crippen LogP contribution is 2.39. The number of amides is 1. The molecule has 0 atom stereocenters. The SMILES string of the molecule is CCOc1cc(/C=C(\C#N)C(=O)Nc2ccc(C(=O)OC)cc2)cc(Cl)c1OS(=O)(=O)c1ccc(Cl)cc1. The number of ether oxygens (including phenoxy) is 2. The van der Waals surface area contributed by atoms with Gasteiger partial charge in [-0.2, -0.15) is 13.7 Å². The van der Waals surface area contributed by atoms with Crippen molar-refractivity contribution in [3.8, 4) is 17.6 Å². The number of esters is 1. The van der Waals surface area contributed by atoms with Crippen molar-refractivity contribution >= 4 is 57.0 Å². The molecular weight excluding hydrogens is 555 g/mol. The predicted octanol–water partition coefficient (Wildman–Crippen LogP) is 5.49. The third-order valence-corrected chi connectivity index (χ3v) is 6.64. The van der Waals surface area contributed by atoms with Crippen molar-refractivity contribution in [1.29, 1.82) is 5.26 Å². The minimum Gasteiger partial charge on any atom is -0.490 e. The molecule has 1 amide bonds. The molecular formula is C26H20Cl2N2O7S. The van der Waals surface area contributed by atoms with Crippen LogP contribution in [0.25, 0.3) is 6.08 Å². The Hall–Kier alpha value is -4.04. The van der Waals surface area contributed by atoms with Crippen molar-refractivity contribution in [3.05, 3.63) is 87.4 Å². The van der Waals surface area contributed by atoms with Gasteiger partial charge in [-0.15, -0.1) is 0 Å². The molecule has 0 spiro atoms. The molecule has 0 fully saturated rings. The Labute approximate surface area is 229 Å². The van der Waals surface area contributed by atoms with Crippen molar-refractivity contribution in [1.82, 2.24) is 0 Å². The van der Waals surface area contributed by atoms with Gasteiger partial charge in [-0.05, 0) is 79.2 Å². The lowest BCUT2D eigenvalue weighted by atomic mass is 10.1. The molecule has 0 saturated carbocycles. The average molecular weight is 575 g/mol. The van der Waals surface area contributed by atoms with E-state index < -0.39 is 22.0 Å². The summed E-state index contributed by atoms with van der Waals surface area (Å²) < 4.78 is 40.9. The fourth-order valence-corrected chi connectivity index (χ4v) is 4.48. The van der Waals surface area contributed by atoms with E-state index >= 15 is 0 Å². The van der Waals surface area contributed by atoms with Crippen LogP contribution in [0, 0.1) is 11.3 Å². The number of hydrogen-bond acceptors (Lipinski definition) is 8. The van der Waals surface area contributed by atoms with E-state index in [1.807, 2.05) is 6.07 Å². The van der Waals surface area contributed by atoms with E-state index in [9.17, 15) is 23.3 Å². The summed E-state index contributed by atoms with van der Waals surface area (Å²) in [5, 5.41) is 12.3. The molecule has 0 saturated heterocycles. The first-order valence-electron chi connectivity index (χ1n) is 10.9. The highest BCUT2D eigenvalue weighted by atomic mass is 35.5. The molecule has 0 heterocycles. The molecule has 0 aliphatic carbocycles. The minimum absolute atomic E-state index is 0.0140. The fourth-order valence-electron chi connectivity index (χ4n) is 3.10. The third-order valence-electron chi connectivity index (χ3n) is 4.87. The Balaban J connectivity index is 1.89. The van der Waals surface area contributed by atoms with Crippen LogP contribution in [-0.2, 0) is 19.6 Å². The summed E-state index contributed by atoms with van der Waals surface area (Å²) in [6.45, 7) is 1.82. The normalized spacial score (nSPS) is 11.3. The molecule has 3 aromatic carbocycles. The number of methoxy groups -OCH3 is 1. The smallest absolute Gasteiger partial charge is 0.339 e. The molecule has 0 aromatic heterocycles. The van der Waals surface area contributed by atoms with Gasteiger partial charge < -0.3 is 19.0 Å². The Kier molecular flexibility index (Phi) is 9.36. The number of nitrogens with zero attached hydrogens (tertiary/aromatic N) is 1. The summed E-state index contributed by atoms with van der Waals surface area (Å²) in [4.78, 5) is 24.1. The van der Waals surface area contributed by atoms with E-state index in [1.165, 1.54) is 73.8 Å². The maximum atomic E-state index is 12.8. The molecule has 9 nitrogen and oxygen atoms in total. The van der Waals surface area contributed by atoms with Crippen LogP contribution in [0.4, 0.5) is 5.69 Å². The number of rotatable bonds is 9. The number of halogens is 2. The molecule has 0 radical (unpaired) electrons. The van der Waals surface area contributed by atoms with Gasteiger partial charge >= 0.3 is 16.1 Å². The zero-order chi connectivity index (χ0) is 27.9. The summed E-state index contributed by atoms with van der Waals surface area (Å²) in [6, 6.07) is 15.8. The Morgan fingerprint density at radius 3 is 2.29 bits per heavy atom. The van der Waals surface area contributed by atoms with Gasteiger partial charge in [0.2, 0.25) is 5.75 Å². The molecule has 0 aliphatic heterocycles. The van der Waals surface area contributed by atoms with Gasteiger partial charge in [-0.25, -0.2) is 4.79 Å². The van der Waals surface area contributed by atoms with Crippen LogP contribution in [0.1, 0.15) is 22.8 Å². The number of hydrogen-bond donors (Lipinski definition) is 1. The molecule has 0 aliphatic rings. The number of benzene rings is 3. The summed E-state index contributed by atoms with van der Waals surface area (Å²) in [7, 11) is -3.02. The Morgan fingerprint density at radius 1 is 1.05 bits per heavy atom. The summed E-state index contributed by atoms with van der Waals surface area (Å²) >= 11 is 12.2. The summed E-state index contributed by atoms with van der Waals surface area (Å²) in [5.74, 6) is -1.52. The summed E-state index contributed by atoms with van der Waals surface area (Å²) in [5.41, 5.74) is 0.637. The van der Waals surface area contributed by atoms with Crippen molar-refractivity contribution in [3.63, 3.8) is 0 Å². The number of nitriles is 1. The maximum Gasteiger partial charge on any atom is 0.339 e. The lowest BCUT2D eigenvalue weighted by molar-refractivity contribution is -0.112. The van der Waals surface area contributed by atoms with Crippen molar-refractivity contribution in [2.75, 3.05) is 19.0 Å². The number of anilines is 1. The van der Waals surface area contributed by atoms with Crippen LogP contribution in [0.3, 0.4) is 0 Å². The van der Waals surface area contributed by atoms with Crippen LogP contribution < -0.4 is 14.2 Å². The second-order valence-corrected chi connectivity index (χ2v) is 9.84. The standard InChI is InChI=1S/C26H20Cl2N2O7S/c1-3-36-23-14-16(13-22(28)24(23)37-38(33,34)21-10-6-19(27)7-11-21)12-18(15-29)25(31)30-20-8-4-17(5-9-20)26(32)35-2/h4-14H,3H2,1-2H3,(H,30,31)/b18-12+. The Bertz CT molecular complexity index is 1530. The molecule has 12 heteroatoms. The van der Waals surface area contributed by atoms with Gasteiger partial charge in [0.1, 0.15) is 16.5 Å². The highest BCUT2D eigenvalue weighted by Gasteiger charge is 2.23. The van der Waals surface area contributed by atoms with Gasteiger partial charge in [-0.1, -0.05) is 23.2 Å². The van der Waals surface area contributed by atoms with E-state index in [-0.39, 0.29) is 39.2 Å². The maximum absolute atomic E-state index is 12.8. The number of carbonyl (C=O) groups excluding carboxylic acids is 2. The zero-order valence-corrected chi connectivity index (χ0v) is 22.4. The molecule has 3 aromatic rings. The van der Waals surface area contributed by atoms with Crippen molar-refractivity contribution in [2.45, 2.75) is 11.8 Å². The average Bonchev–Trinajstić information content (AvgIpc) is 2.89. The van der Waals surface area contributed by atoms with Gasteiger partial charge in [0.05, 0.1) is 24.3 Å². The lowest BCUT2D eigenvalue weighted by Crippen LogP contribution is -2.13. The fraction of sp³-hybridized carbons (Fsp3) is 0.115. The van der Waals surface area contributed by atoms with Crippen LogP contribution in [0.5, 0.6) is 11.5 Å². The second-order valence-electron chi connectivity index (χ2n) is 7.45. The first-order valence-corrected chi connectivity index (χ1v) is 13.0. The minimum atomic E-state index is -4.28. The van der Waals surface area contributed by atoms with Gasteiger partial charge in [0, 0.05) is 10.7 Å². The predicted molar refractivity (Wildman–Crippen MR) is 142 cm³/mol. The molecule has 196 valence electrons. The number of carbonyl (C=O) groups is 2. The molecule has 0 bridgehead atoms. The van der Waals surface area contributed by atoms with Crippen molar-refractivity contribution in [2.24, 2.45) is 0 Å². The van der Waals surface area contributed by atoms with Crippen LogP contribution in [-0.4, -0.2) is 34.0 Å². The van der Waals surface area contributed by atoms with Gasteiger partial charge in [-0.3, -0.25) is 4.79 Å². The van der Waals surface area contributed by atoms with Crippen molar-refractivity contribution < 1.29 is 31.7 Å². The largest absolute Gasteiger partial charge is 0.490 e. The topological polar surface area (TPSA) is 132 Å². The van der Waals surface area contributed by atoms with Crippen LogP contribution in [0.15, 0.2) is 71.1 Å². The number of nitrogens with one attached hydrogen (secondary N) is 1. The van der Waals surface area contributed by atoms with E-state index in [0.717, 1.165) is 0 Å². The molecule has 0 unspecified atom stereocenters. The van der Waals surface area contributed by atoms with E-state index in [1.54, 1.807) is 6.92 Å². The highest BCUT2D eigenvalue weighted by molar-refractivity contribution is 7.87. The van der Waals surface area contributed by atoms with E-state index in [4.69, 9.17) is 32.1 Å². The third kappa shape index (κ3) is 7.04. The quantitative estimate of drug-likeness (QED) is 0.153. The summed E-state index contributed by atoms with van der Waals surface area (Å²) in [6.07, 6.45) is 1.25. The Morgan fingerprint density at radius 2 is 1.71 bits per heavy atom. The van der Waals surface area contributed by atoms with Gasteiger partial charge in [0.25, 0.3) is 5.91 Å². The molecule has 3 rings (SSSR count). The monoisotopic (exact) mass is 574 g/mol. The zero-order valence-electron chi connectivity index (χ0n) is 20.0. The lowest BCUT2D eigenvalue weighted by Gasteiger charge is -2.14. The second kappa shape index (κ2) is 12.5. The van der Waals surface area contributed by atoms with Gasteiger partial charge in [0.15, 0.2) is 5.75 Å². The van der Waals surface area contributed by atoms with Crippen LogP contribution >= 0.6 is 23.2 Å². The van der Waals surface area contributed by atoms with Crippen LogP contribution in [0.2, 0.25) is 10.0 Å². The first kappa shape index (κ1) is 28.5. The molecule has 1 N–H and O–H groups in total. The first-order chi connectivity index (χ1) is 18.1. The van der Waals surface area contributed by atoms with E-state index in [2.05, 4.69) is 10.1 Å². The molecule has 38 heavy (non-hydrogen) atoms. The van der Waals surface area contributed by atoms with E-state index in [0.29, 0.717) is 16.3 Å².